The van der Waals surface area contributed by atoms with Gasteiger partial charge in [0.1, 0.15) is 5.75 Å². The quantitative estimate of drug-likeness (QED) is 0.131. The van der Waals surface area contributed by atoms with E-state index in [2.05, 4.69) is 25.2 Å². The fraction of sp³-hybridized carbons (Fsp3) is 0.312. The number of hydrogen-bond acceptors (Lipinski definition) is 11. The standard InChI is InChI=1S/C32H36N6O7S/c1-32(2,3)20-18-24(29(43-4)25(19-20)37-46(5,41)42)34-30(39)28(36-40)23-10-11-26(22-9-7-6-8-21(22)23)45-27-12-13-33-31(35-27)38-14-16-44-17-15-38/h6-13,18-19,37,40H,14-17H2,1-5H3,(H,34,39). The predicted octanol–water partition coefficient (Wildman–Crippen LogP) is 4.75. The zero-order valence-electron chi connectivity index (χ0n) is 26.2. The molecule has 0 radical (unpaired) electrons. The summed E-state index contributed by atoms with van der Waals surface area (Å²) in [7, 11) is -2.31. The van der Waals surface area contributed by atoms with E-state index in [-0.39, 0.29) is 22.8 Å². The average molecular weight is 649 g/mol. The van der Waals surface area contributed by atoms with Crippen LogP contribution in [0.4, 0.5) is 17.3 Å². The summed E-state index contributed by atoms with van der Waals surface area (Å²) in [4.78, 5) is 24.7. The van der Waals surface area contributed by atoms with Crippen LogP contribution in [0, 0.1) is 0 Å². The zero-order chi connectivity index (χ0) is 33.1. The third-order valence-electron chi connectivity index (χ3n) is 7.28. The average Bonchev–Trinajstić information content (AvgIpc) is 3.01. The molecule has 1 aliphatic rings. The second-order valence-corrected chi connectivity index (χ2v) is 13.4. The van der Waals surface area contributed by atoms with Crippen LogP contribution in [0.1, 0.15) is 31.9 Å². The summed E-state index contributed by atoms with van der Waals surface area (Å²) in [5.74, 6) is 0.696. The Morgan fingerprint density at radius 2 is 1.74 bits per heavy atom. The van der Waals surface area contributed by atoms with Gasteiger partial charge in [-0.15, -0.1) is 0 Å². The van der Waals surface area contributed by atoms with Gasteiger partial charge in [0.05, 0.1) is 38.0 Å². The molecule has 0 bridgehead atoms. The van der Waals surface area contributed by atoms with Gasteiger partial charge in [0.25, 0.3) is 5.91 Å². The molecule has 0 spiro atoms. The Kier molecular flexibility index (Phi) is 9.30. The Bertz CT molecular complexity index is 1900. The minimum absolute atomic E-state index is 0.0963. The molecule has 2 heterocycles. The van der Waals surface area contributed by atoms with Gasteiger partial charge in [-0.2, -0.15) is 4.98 Å². The van der Waals surface area contributed by atoms with E-state index < -0.39 is 21.3 Å². The molecule has 1 aliphatic heterocycles. The van der Waals surface area contributed by atoms with Gasteiger partial charge in [-0.3, -0.25) is 9.52 Å². The van der Waals surface area contributed by atoms with Crippen LogP contribution in [-0.4, -0.2) is 74.9 Å². The number of ether oxygens (including phenoxy) is 3. The molecular weight excluding hydrogens is 612 g/mol. The number of carbonyl (C=O) groups excluding carboxylic acids is 1. The summed E-state index contributed by atoms with van der Waals surface area (Å²) in [5, 5.41) is 17.5. The number of hydrogen-bond donors (Lipinski definition) is 3. The first kappa shape index (κ1) is 32.4. The number of carbonyl (C=O) groups is 1. The van der Waals surface area contributed by atoms with Crippen molar-refractivity contribution in [2.75, 3.05) is 54.6 Å². The zero-order valence-corrected chi connectivity index (χ0v) is 27.0. The van der Waals surface area contributed by atoms with E-state index in [1.54, 1.807) is 48.7 Å². The number of sulfonamides is 1. The number of aromatic nitrogens is 2. The van der Waals surface area contributed by atoms with Gasteiger partial charge in [-0.05, 0) is 40.6 Å². The van der Waals surface area contributed by atoms with Crippen molar-refractivity contribution in [3.05, 3.63) is 71.9 Å². The normalized spacial score (nSPS) is 14.2. The molecule has 3 aromatic carbocycles. The fourth-order valence-corrected chi connectivity index (χ4v) is 5.59. The topological polar surface area (TPSA) is 165 Å². The lowest BCUT2D eigenvalue weighted by atomic mass is 9.86. The minimum Gasteiger partial charge on any atom is -0.492 e. The van der Waals surface area contributed by atoms with Gasteiger partial charge in [-0.1, -0.05) is 50.2 Å². The highest BCUT2D eigenvalue weighted by Crippen LogP contribution is 2.39. The molecule has 1 aromatic heterocycles. The van der Waals surface area contributed by atoms with Crippen molar-refractivity contribution in [2.24, 2.45) is 5.16 Å². The molecule has 0 saturated carbocycles. The largest absolute Gasteiger partial charge is 0.492 e. The van der Waals surface area contributed by atoms with Crippen LogP contribution in [0.5, 0.6) is 17.4 Å². The summed E-state index contributed by atoms with van der Waals surface area (Å²) in [6.45, 7) is 8.39. The Hall–Kier alpha value is -4.95. The highest BCUT2D eigenvalue weighted by molar-refractivity contribution is 7.92. The molecular formula is C32H36N6O7S. The molecule has 0 atom stereocenters. The van der Waals surface area contributed by atoms with E-state index >= 15 is 0 Å². The Morgan fingerprint density at radius 3 is 2.39 bits per heavy atom. The van der Waals surface area contributed by atoms with Crippen molar-refractivity contribution in [2.45, 2.75) is 26.2 Å². The molecule has 0 unspecified atom stereocenters. The number of anilines is 3. The first-order chi connectivity index (χ1) is 21.9. The van der Waals surface area contributed by atoms with Gasteiger partial charge < -0.3 is 29.6 Å². The highest BCUT2D eigenvalue weighted by atomic mass is 32.2. The number of nitrogens with one attached hydrogen (secondary N) is 2. The molecule has 3 N–H and O–H groups in total. The van der Waals surface area contributed by atoms with Gasteiger partial charge in [0.15, 0.2) is 11.5 Å². The van der Waals surface area contributed by atoms with E-state index in [0.717, 1.165) is 11.8 Å². The van der Waals surface area contributed by atoms with Crippen LogP contribution in [0.25, 0.3) is 10.8 Å². The van der Waals surface area contributed by atoms with Gasteiger partial charge in [0.2, 0.25) is 21.9 Å². The number of amides is 1. The molecule has 46 heavy (non-hydrogen) atoms. The number of oxime groups is 1. The van der Waals surface area contributed by atoms with Crippen LogP contribution in [-0.2, 0) is 25.0 Å². The molecule has 1 fully saturated rings. The maximum atomic E-state index is 13.7. The number of methoxy groups -OCH3 is 1. The first-order valence-corrected chi connectivity index (χ1v) is 16.4. The summed E-state index contributed by atoms with van der Waals surface area (Å²) in [6, 6.07) is 15.5. The Labute approximate surface area is 267 Å². The van der Waals surface area contributed by atoms with E-state index in [0.29, 0.717) is 60.2 Å². The third kappa shape index (κ3) is 7.29. The molecule has 13 nitrogen and oxygen atoms in total. The minimum atomic E-state index is -3.67. The van der Waals surface area contributed by atoms with Crippen molar-refractivity contribution < 1.29 is 32.6 Å². The molecule has 14 heteroatoms. The number of benzene rings is 3. The molecule has 1 amide bonds. The molecule has 0 aliphatic carbocycles. The highest BCUT2D eigenvalue weighted by Gasteiger charge is 2.25. The van der Waals surface area contributed by atoms with Crippen molar-refractivity contribution in [3.63, 3.8) is 0 Å². The van der Waals surface area contributed by atoms with E-state index in [4.69, 9.17) is 14.2 Å². The number of nitrogens with zero attached hydrogens (tertiary/aromatic N) is 4. The summed E-state index contributed by atoms with van der Waals surface area (Å²) in [6.07, 6.45) is 2.65. The molecule has 4 aromatic rings. The van der Waals surface area contributed by atoms with Gasteiger partial charge >= 0.3 is 0 Å². The molecule has 242 valence electrons. The maximum absolute atomic E-state index is 13.7. The number of morpholine rings is 1. The van der Waals surface area contributed by atoms with Gasteiger partial charge in [-0.25, -0.2) is 13.4 Å². The second-order valence-electron chi connectivity index (χ2n) is 11.7. The molecule has 1 saturated heterocycles. The lowest BCUT2D eigenvalue weighted by Crippen LogP contribution is -2.37. The van der Waals surface area contributed by atoms with E-state index in [1.165, 1.54) is 7.11 Å². The van der Waals surface area contributed by atoms with Crippen molar-refractivity contribution in [1.82, 2.24) is 9.97 Å². The van der Waals surface area contributed by atoms with E-state index in [9.17, 15) is 18.4 Å². The fourth-order valence-electron chi connectivity index (χ4n) is 5.04. The molecule has 5 rings (SSSR count). The monoisotopic (exact) mass is 648 g/mol. The maximum Gasteiger partial charge on any atom is 0.278 e. The Balaban J connectivity index is 1.48. The summed E-state index contributed by atoms with van der Waals surface area (Å²) >= 11 is 0. The summed E-state index contributed by atoms with van der Waals surface area (Å²) in [5.41, 5.74) is 0.720. The van der Waals surface area contributed by atoms with Crippen LogP contribution in [0.2, 0.25) is 0 Å². The first-order valence-electron chi connectivity index (χ1n) is 14.5. The number of rotatable bonds is 9. The smallest absolute Gasteiger partial charge is 0.278 e. The van der Waals surface area contributed by atoms with Crippen molar-refractivity contribution in [3.8, 4) is 17.4 Å². The Morgan fingerprint density at radius 1 is 1.04 bits per heavy atom. The SMILES string of the molecule is COc1c(NC(=O)C(=NO)c2ccc(Oc3ccnc(N4CCOCC4)n3)c3ccccc23)cc(C(C)(C)C)cc1NS(C)(=O)=O. The van der Waals surface area contributed by atoms with Crippen LogP contribution in [0.3, 0.4) is 0 Å². The van der Waals surface area contributed by atoms with Crippen LogP contribution >= 0.6 is 0 Å². The predicted molar refractivity (Wildman–Crippen MR) is 176 cm³/mol. The summed E-state index contributed by atoms with van der Waals surface area (Å²) < 4.78 is 43.9. The van der Waals surface area contributed by atoms with Crippen molar-refractivity contribution >= 4 is 49.7 Å². The van der Waals surface area contributed by atoms with Crippen LogP contribution in [0.15, 0.2) is 65.9 Å². The lowest BCUT2D eigenvalue weighted by molar-refractivity contribution is -0.110. The number of fused-ring (bicyclic) bond motifs is 1. The lowest BCUT2D eigenvalue weighted by Gasteiger charge is -2.26. The van der Waals surface area contributed by atoms with Crippen molar-refractivity contribution in [1.29, 1.82) is 0 Å². The van der Waals surface area contributed by atoms with E-state index in [1.807, 2.05) is 37.8 Å². The third-order valence-corrected chi connectivity index (χ3v) is 7.87. The second kappa shape index (κ2) is 13.2. The van der Waals surface area contributed by atoms with Gasteiger partial charge in [0, 0.05) is 36.3 Å². The van der Waals surface area contributed by atoms with Crippen LogP contribution < -0.4 is 24.4 Å².